The third-order valence-corrected chi connectivity index (χ3v) is 4.76. The van der Waals surface area contributed by atoms with Crippen LogP contribution in [-0.4, -0.2) is 47.0 Å². The van der Waals surface area contributed by atoms with E-state index in [0.29, 0.717) is 18.7 Å². The van der Waals surface area contributed by atoms with Crippen molar-refractivity contribution in [1.82, 2.24) is 10.2 Å². The minimum absolute atomic E-state index is 0.142. The van der Waals surface area contributed by atoms with Gasteiger partial charge in [-0.15, -0.1) is 0 Å². The van der Waals surface area contributed by atoms with Crippen LogP contribution in [0.3, 0.4) is 0 Å². The molecule has 1 fully saturated rings. The molecule has 0 unspecified atom stereocenters. The zero-order valence-electron chi connectivity index (χ0n) is 18.2. The van der Waals surface area contributed by atoms with Crippen LogP contribution in [0.5, 0.6) is 0 Å². The summed E-state index contributed by atoms with van der Waals surface area (Å²) in [5.41, 5.74) is 1.15. The van der Waals surface area contributed by atoms with Crippen LogP contribution >= 0.6 is 0 Å². The zero-order valence-corrected chi connectivity index (χ0v) is 18.2. The number of hydrogen-bond acceptors (Lipinski definition) is 4. The highest BCUT2D eigenvalue weighted by molar-refractivity contribution is 5.98. The van der Waals surface area contributed by atoms with Gasteiger partial charge < -0.3 is 20.3 Å². The summed E-state index contributed by atoms with van der Waals surface area (Å²) >= 11 is 0. The molecule has 29 heavy (non-hydrogen) atoms. The maximum atomic E-state index is 13.2. The number of carbonyl (C=O) groups excluding carboxylic acids is 3. The third-order valence-electron chi connectivity index (χ3n) is 4.76. The van der Waals surface area contributed by atoms with Crippen LogP contribution in [0, 0.1) is 12.8 Å². The molecule has 0 aromatic heterocycles. The molecule has 2 N–H and O–H groups in total. The first kappa shape index (κ1) is 22.7. The minimum Gasteiger partial charge on any atom is -0.444 e. The lowest BCUT2D eigenvalue weighted by atomic mass is 10.0. The van der Waals surface area contributed by atoms with Gasteiger partial charge in [0.2, 0.25) is 11.8 Å². The summed E-state index contributed by atoms with van der Waals surface area (Å²) in [4.78, 5) is 39.7. The van der Waals surface area contributed by atoms with Gasteiger partial charge in [0.15, 0.2) is 0 Å². The number of alkyl carbamates (subject to hydrolysis) is 1. The molecule has 1 aromatic carbocycles. The largest absolute Gasteiger partial charge is 0.444 e. The van der Waals surface area contributed by atoms with E-state index in [1.165, 1.54) is 0 Å². The number of aryl methyl sites for hydroxylation is 1. The zero-order chi connectivity index (χ0) is 21.8. The SMILES string of the molecule is Cc1ccc(NC(=O)[C@@H]2CCCN2C(=O)[C@@H](NC(=O)OC(C)(C)C)C(C)C)cc1. The fraction of sp³-hybridized carbons (Fsp3) is 0.591. The Labute approximate surface area is 173 Å². The lowest BCUT2D eigenvalue weighted by Crippen LogP contribution is -2.55. The van der Waals surface area contributed by atoms with E-state index in [1.807, 2.05) is 45.0 Å². The lowest BCUT2D eigenvalue weighted by molar-refractivity contribution is -0.139. The Bertz CT molecular complexity index is 737. The normalized spacial score (nSPS) is 17.8. The van der Waals surface area contributed by atoms with Crippen molar-refractivity contribution in [2.45, 2.75) is 72.1 Å². The maximum Gasteiger partial charge on any atom is 0.408 e. The summed E-state index contributed by atoms with van der Waals surface area (Å²) in [6.07, 6.45) is 0.708. The second-order valence-electron chi connectivity index (χ2n) is 8.91. The van der Waals surface area contributed by atoms with Crippen molar-refractivity contribution in [2.24, 2.45) is 5.92 Å². The molecule has 0 saturated carbocycles. The quantitative estimate of drug-likeness (QED) is 0.788. The average molecular weight is 404 g/mol. The summed E-state index contributed by atoms with van der Waals surface area (Å²) in [5.74, 6) is -0.608. The van der Waals surface area contributed by atoms with E-state index in [2.05, 4.69) is 10.6 Å². The standard InChI is InChI=1S/C22H33N3O4/c1-14(2)18(24-21(28)29-22(4,5)6)20(27)25-13-7-8-17(25)19(26)23-16-11-9-15(3)10-12-16/h9-12,14,17-18H,7-8,13H2,1-6H3,(H,23,26)(H,24,28)/t17-,18-/m0/s1. The summed E-state index contributed by atoms with van der Waals surface area (Å²) in [6.45, 7) is 11.5. The fourth-order valence-corrected chi connectivity index (χ4v) is 3.29. The molecule has 2 rings (SSSR count). The molecule has 0 radical (unpaired) electrons. The number of anilines is 1. The van der Waals surface area contributed by atoms with Crippen LogP contribution in [0.2, 0.25) is 0 Å². The molecule has 1 aliphatic rings. The molecule has 1 aliphatic heterocycles. The third kappa shape index (κ3) is 6.48. The Balaban J connectivity index is 2.08. The number of ether oxygens (including phenoxy) is 1. The second-order valence-corrected chi connectivity index (χ2v) is 8.91. The number of benzene rings is 1. The minimum atomic E-state index is -0.752. The number of rotatable bonds is 5. The predicted octanol–water partition coefficient (Wildman–Crippen LogP) is 3.47. The molecular formula is C22H33N3O4. The maximum absolute atomic E-state index is 13.2. The Hall–Kier alpha value is -2.57. The first-order valence-electron chi connectivity index (χ1n) is 10.2. The monoisotopic (exact) mass is 403 g/mol. The van der Waals surface area contributed by atoms with E-state index in [4.69, 9.17) is 4.74 Å². The summed E-state index contributed by atoms with van der Waals surface area (Å²) in [5, 5.41) is 5.57. The molecule has 1 heterocycles. The smallest absolute Gasteiger partial charge is 0.408 e. The highest BCUT2D eigenvalue weighted by atomic mass is 16.6. The average Bonchev–Trinajstić information content (AvgIpc) is 3.09. The highest BCUT2D eigenvalue weighted by Crippen LogP contribution is 2.22. The number of nitrogens with zero attached hydrogens (tertiary/aromatic N) is 1. The van der Waals surface area contributed by atoms with Gasteiger partial charge in [-0.25, -0.2) is 4.79 Å². The highest BCUT2D eigenvalue weighted by Gasteiger charge is 2.39. The number of carbonyl (C=O) groups is 3. The van der Waals surface area contributed by atoms with E-state index >= 15 is 0 Å². The van der Waals surface area contributed by atoms with Gasteiger partial charge in [-0.2, -0.15) is 0 Å². The second kappa shape index (κ2) is 9.29. The molecular weight excluding hydrogens is 370 g/mol. The van der Waals surface area contributed by atoms with Crippen molar-refractivity contribution in [2.75, 3.05) is 11.9 Å². The van der Waals surface area contributed by atoms with Crippen molar-refractivity contribution in [1.29, 1.82) is 0 Å². The summed E-state index contributed by atoms with van der Waals surface area (Å²) < 4.78 is 5.29. The molecule has 7 nitrogen and oxygen atoms in total. The van der Waals surface area contributed by atoms with Crippen molar-refractivity contribution in [3.05, 3.63) is 29.8 Å². The van der Waals surface area contributed by atoms with Crippen molar-refractivity contribution < 1.29 is 19.1 Å². The Morgan fingerprint density at radius 2 is 1.76 bits per heavy atom. The summed E-state index contributed by atoms with van der Waals surface area (Å²) in [7, 11) is 0. The molecule has 2 atom stereocenters. The van der Waals surface area contributed by atoms with Gasteiger partial charge in [-0.3, -0.25) is 9.59 Å². The number of likely N-dealkylation sites (tertiary alicyclic amines) is 1. The molecule has 7 heteroatoms. The van der Waals surface area contributed by atoms with E-state index < -0.39 is 23.8 Å². The summed E-state index contributed by atoms with van der Waals surface area (Å²) in [6, 6.07) is 6.23. The first-order valence-corrected chi connectivity index (χ1v) is 10.2. The van der Waals surface area contributed by atoms with Gasteiger partial charge in [0.25, 0.3) is 0 Å². The van der Waals surface area contributed by atoms with E-state index in [1.54, 1.807) is 25.7 Å². The van der Waals surface area contributed by atoms with Gasteiger partial charge in [-0.1, -0.05) is 31.5 Å². The lowest BCUT2D eigenvalue weighted by Gasteiger charge is -2.31. The first-order chi connectivity index (χ1) is 13.5. The molecule has 0 aliphatic carbocycles. The van der Waals surface area contributed by atoms with Crippen molar-refractivity contribution >= 4 is 23.6 Å². The molecule has 0 bridgehead atoms. The number of hydrogen-bond donors (Lipinski definition) is 2. The van der Waals surface area contributed by atoms with Gasteiger partial charge in [0.1, 0.15) is 17.7 Å². The van der Waals surface area contributed by atoms with Crippen LogP contribution < -0.4 is 10.6 Å². The molecule has 1 aromatic rings. The number of amides is 3. The van der Waals surface area contributed by atoms with Crippen LogP contribution in [0.4, 0.5) is 10.5 Å². The number of nitrogens with one attached hydrogen (secondary N) is 2. The van der Waals surface area contributed by atoms with Crippen LogP contribution in [0.25, 0.3) is 0 Å². The predicted molar refractivity (Wildman–Crippen MR) is 113 cm³/mol. The van der Waals surface area contributed by atoms with Crippen molar-refractivity contribution in [3.63, 3.8) is 0 Å². The molecule has 3 amide bonds. The fourth-order valence-electron chi connectivity index (χ4n) is 3.29. The van der Waals surface area contributed by atoms with E-state index in [0.717, 1.165) is 12.0 Å². The van der Waals surface area contributed by atoms with E-state index in [9.17, 15) is 14.4 Å². The van der Waals surface area contributed by atoms with Crippen molar-refractivity contribution in [3.8, 4) is 0 Å². The van der Waals surface area contributed by atoms with Gasteiger partial charge >= 0.3 is 6.09 Å². The topological polar surface area (TPSA) is 87.7 Å². The molecule has 0 spiro atoms. The molecule has 1 saturated heterocycles. The van der Waals surface area contributed by atoms with Crippen LogP contribution in [0.1, 0.15) is 53.0 Å². The van der Waals surface area contributed by atoms with E-state index in [-0.39, 0.29) is 17.7 Å². The van der Waals surface area contributed by atoms with Gasteiger partial charge in [0, 0.05) is 12.2 Å². The Kier molecular flexibility index (Phi) is 7.27. The van der Waals surface area contributed by atoms with Crippen LogP contribution in [-0.2, 0) is 14.3 Å². The van der Waals surface area contributed by atoms with Gasteiger partial charge in [0.05, 0.1) is 0 Å². The Morgan fingerprint density at radius 3 is 2.31 bits per heavy atom. The Morgan fingerprint density at radius 1 is 1.14 bits per heavy atom. The van der Waals surface area contributed by atoms with Gasteiger partial charge in [-0.05, 0) is 58.6 Å². The molecule has 160 valence electrons. The van der Waals surface area contributed by atoms with Crippen LogP contribution in [0.15, 0.2) is 24.3 Å².